The van der Waals surface area contributed by atoms with Crippen LogP contribution in [0.3, 0.4) is 0 Å². The monoisotopic (exact) mass is 439 g/mol. The van der Waals surface area contributed by atoms with Gasteiger partial charge >= 0.3 is 0 Å². The first kappa shape index (κ1) is 21.6. The number of hydrogen-bond acceptors (Lipinski definition) is 4. The Hall–Kier alpha value is -2.60. The maximum Gasteiger partial charge on any atom is 0.290 e. The summed E-state index contributed by atoms with van der Waals surface area (Å²) in [5, 5.41) is 0.928. The number of furan rings is 1. The SMILES string of the molecule is CCc1ccc(CN(C(=O)c2oc3cc(C)c(C)cc3c2C)C2CCS(=O)(=O)C2)cc1. The number of benzene rings is 2. The molecule has 3 aromatic rings. The summed E-state index contributed by atoms with van der Waals surface area (Å²) in [5.41, 5.74) is 5.95. The molecular weight excluding hydrogens is 410 g/mol. The van der Waals surface area contributed by atoms with Crippen LogP contribution in [0, 0.1) is 20.8 Å². The molecule has 0 spiro atoms. The number of rotatable bonds is 5. The van der Waals surface area contributed by atoms with Gasteiger partial charge in [0.15, 0.2) is 15.6 Å². The normalized spacial score (nSPS) is 17.9. The molecular formula is C25H29NO4S. The fourth-order valence-corrected chi connectivity index (χ4v) is 6.01. The van der Waals surface area contributed by atoms with Crippen LogP contribution >= 0.6 is 0 Å². The van der Waals surface area contributed by atoms with Gasteiger partial charge in [-0.3, -0.25) is 4.79 Å². The van der Waals surface area contributed by atoms with E-state index in [0.29, 0.717) is 24.3 Å². The minimum atomic E-state index is -3.13. The van der Waals surface area contributed by atoms with Gasteiger partial charge in [0, 0.05) is 23.5 Å². The molecule has 6 heteroatoms. The molecule has 2 aromatic carbocycles. The Morgan fingerprint density at radius 1 is 1.06 bits per heavy atom. The number of nitrogens with zero attached hydrogens (tertiary/aromatic N) is 1. The first-order valence-electron chi connectivity index (χ1n) is 10.8. The van der Waals surface area contributed by atoms with Gasteiger partial charge in [-0.15, -0.1) is 0 Å². The Kier molecular flexibility index (Phi) is 5.69. The predicted molar refractivity (Wildman–Crippen MR) is 123 cm³/mol. The Balaban J connectivity index is 1.72. The van der Waals surface area contributed by atoms with Crippen LogP contribution in [0.5, 0.6) is 0 Å². The van der Waals surface area contributed by atoms with Crippen molar-refractivity contribution in [3.63, 3.8) is 0 Å². The minimum Gasteiger partial charge on any atom is -0.451 e. The van der Waals surface area contributed by atoms with E-state index in [-0.39, 0.29) is 23.5 Å². The predicted octanol–water partition coefficient (Wildman–Crippen LogP) is 4.75. The smallest absolute Gasteiger partial charge is 0.290 e. The summed E-state index contributed by atoms with van der Waals surface area (Å²) in [5.74, 6) is 0.178. The summed E-state index contributed by atoms with van der Waals surface area (Å²) in [6.45, 7) is 8.41. The number of carbonyl (C=O) groups is 1. The Bertz CT molecular complexity index is 1240. The van der Waals surface area contributed by atoms with E-state index >= 15 is 0 Å². The third kappa shape index (κ3) is 4.26. The molecule has 0 radical (unpaired) electrons. The summed E-state index contributed by atoms with van der Waals surface area (Å²) >= 11 is 0. The average molecular weight is 440 g/mol. The van der Waals surface area contributed by atoms with Crippen LogP contribution in [-0.4, -0.2) is 36.8 Å². The quantitative estimate of drug-likeness (QED) is 0.575. The summed E-state index contributed by atoms with van der Waals surface area (Å²) < 4.78 is 30.3. The molecule has 0 N–H and O–H groups in total. The first-order valence-corrected chi connectivity index (χ1v) is 12.6. The topological polar surface area (TPSA) is 67.6 Å². The summed E-state index contributed by atoms with van der Waals surface area (Å²) in [4.78, 5) is 15.4. The molecule has 1 aromatic heterocycles. The highest BCUT2D eigenvalue weighted by Gasteiger charge is 2.36. The molecule has 2 heterocycles. The number of hydrogen-bond donors (Lipinski definition) is 0. The van der Waals surface area contributed by atoms with E-state index in [2.05, 4.69) is 19.1 Å². The highest BCUT2D eigenvalue weighted by molar-refractivity contribution is 7.91. The van der Waals surface area contributed by atoms with E-state index in [9.17, 15) is 13.2 Å². The van der Waals surface area contributed by atoms with Crippen LogP contribution in [0.2, 0.25) is 0 Å². The largest absolute Gasteiger partial charge is 0.451 e. The molecule has 1 amide bonds. The Morgan fingerprint density at radius 2 is 1.71 bits per heavy atom. The Morgan fingerprint density at radius 3 is 2.32 bits per heavy atom. The third-order valence-electron chi connectivity index (χ3n) is 6.44. The molecule has 31 heavy (non-hydrogen) atoms. The molecule has 5 nitrogen and oxygen atoms in total. The van der Waals surface area contributed by atoms with Crippen LogP contribution < -0.4 is 0 Å². The van der Waals surface area contributed by atoms with Crippen molar-refractivity contribution < 1.29 is 17.6 Å². The summed E-state index contributed by atoms with van der Waals surface area (Å²) in [7, 11) is -3.13. The molecule has 1 aliphatic heterocycles. The summed E-state index contributed by atoms with van der Waals surface area (Å²) in [6.07, 6.45) is 1.40. The number of carbonyl (C=O) groups excluding carboxylic acids is 1. The van der Waals surface area contributed by atoms with Crippen molar-refractivity contribution in [2.24, 2.45) is 0 Å². The molecule has 0 aliphatic carbocycles. The molecule has 1 fully saturated rings. The van der Waals surface area contributed by atoms with Crippen molar-refractivity contribution >= 4 is 26.7 Å². The van der Waals surface area contributed by atoms with Gasteiger partial charge in [-0.2, -0.15) is 0 Å². The summed E-state index contributed by atoms with van der Waals surface area (Å²) in [6, 6.07) is 11.8. The molecule has 1 unspecified atom stereocenters. The van der Waals surface area contributed by atoms with Gasteiger partial charge in [0.2, 0.25) is 0 Å². The molecule has 1 saturated heterocycles. The molecule has 0 bridgehead atoms. The van der Waals surface area contributed by atoms with Crippen molar-refractivity contribution in [2.75, 3.05) is 11.5 Å². The van der Waals surface area contributed by atoms with Gasteiger partial charge in [-0.25, -0.2) is 8.42 Å². The van der Waals surface area contributed by atoms with Crippen molar-refractivity contribution in [1.82, 2.24) is 4.90 Å². The fraction of sp³-hybridized carbons (Fsp3) is 0.400. The van der Waals surface area contributed by atoms with Crippen LogP contribution in [0.15, 0.2) is 40.8 Å². The average Bonchev–Trinajstić information content (AvgIpc) is 3.26. The maximum absolute atomic E-state index is 13.7. The van der Waals surface area contributed by atoms with Crippen molar-refractivity contribution in [1.29, 1.82) is 0 Å². The molecule has 1 atom stereocenters. The second-order valence-electron chi connectivity index (χ2n) is 8.65. The molecule has 164 valence electrons. The zero-order valence-corrected chi connectivity index (χ0v) is 19.4. The highest BCUT2D eigenvalue weighted by atomic mass is 32.2. The van der Waals surface area contributed by atoms with Gasteiger partial charge in [0.05, 0.1) is 11.5 Å². The van der Waals surface area contributed by atoms with Gasteiger partial charge in [-0.05, 0) is 68.0 Å². The van der Waals surface area contributed by atoms with Gasteiger partial charge in [0.25, 0.3) is 5.91 Å². The zero-order valence-electron chi connectivity index (χ0n) is 18.6. The van der Waals surface area contributed by atoms with E-state index in [0.717, 1.165) is 34.1 Å². The second-order valence-corrected chi connectivity index (χ2v) is 10.9. The number of sulfone groups is 1. The van der Waals surface area contributed by atoms with E-state index < -0.39 is 9.84 Å². The lowest BCUT2D eigenvalue weighted by Crippen LogP contribution is -2.40. The lowest BCUT2D eigenvalue weighted by atomic mass is 10.0. The second kappa shape index (κ2) is 8.15. The minimum absolute atomic E-state index is 0.00325. The van der Waals surface area contributed by atoms with E-state index in [4.69, 9.17) is 4.42 Å². The van der Waals surface area contributed by atoms with Crippen LogP contribution in [0.4, 0.5) is 0 Å². The van der Waals surface area contributed by atoms with Crippen molar-refractivity contribution in [2.45, 2.75) is 53.1 Å². The van der Waals surface area contributed by atoms with E-state index in [1.54, 1.807) is 4.90 Å². The number of fused-ring (bicyclic) bond motifs is 1. The zero-order chi connectivity index (χ0) is 22.3. The lowest BCUT2D eigenvalue weighted by molar-refractivity contribution is 0.0649. The highest BCUT2D eigenvalue weighted by Crippen LogP contribution is 2.31. The van der Waals surface area contributed by atoms with E-state index in [1.165, 1.54) is 5.56 Å². The van der Waals surface area contributed by atoms with Crippen LogP contribution in [0.25, 0.3) is 11.0 Å². The van der Waals surface area contributed by atoms with Crippen molar-refractivity contribution in [3.8, 4) is 0 Å². The number of aryl methyl sites for hydroxylation is 4. The van der Waals surface area contributed by atoms with Gasteiger partial charge < -0.3 is 9.32 Å². The Labute approximate surface area is 184 Å². The number of amides is 1. The van der Waals surface area contributed by atoms with Crippen LogP contribution in [-0.2, 0) is 22.8 Å². The molecule has 4 rings (SSSR count). The molecule has 0 saturated carbocycles. The fourth-order valence-electron chi connectivity index (χ4n) is 4.28. The van der Waals surface area contributed by atoms with E-state index in [1.807, 2.05) is 45.0 Å². The van der Waals surface area contributed by atoms with Gasteiger partial charge in [-0.1, -0.05) is 31.2 Å². The van der Waals surface area contributed by atoms with Crippen LogP contribution in [0.1, 0.15) is 51.7 Å². The molecule has 1 aliphatic rings. The van der Waals surface area contributed by atoms with Gasteiger partial charge in [0.1, 0.15) is 5.58 Å². The standard InChI is InChI=1S/C25H29NO4S/c1-5-19-6-8-20(9-7-19)14-26(21-10-11-31(28,29)15-21)25(27)24-18(4)22-12-16(2)17(3)13-23(22)30-24/h6-9,12-13,21H,5,10-11,14-15H2,1-4H3. The third-order valence-corrected chi connectivity index (χ3v) is 8.19. The first-order chi connectivity index (χ1) is 14.7. The van der Waals surface area contributed by atoms with Crippen molar-refractivity contribution in [3.05, 3.63) is 70.0 Å². The maximum atomic E-state index is 13.7. The lowest BCUT2D eigenvalue weighted by Gasteiger charge is -2.28.